The van der Waals surface area contributed by atoms with E-state index >= 15 is 0 Å². The molecule has 4 rings (SSSR count). The molecule has 1 aliphatic heterocycles. The molecule has 1 amide bonds. The van der Waals surface area contributed by atoms with Gasteiger partial charge in [0.25, 0.3) is 0 Å². The number of hydrogen-bond acceptors (Lipinski definition) is 7. The van der Waals surface area contributed by atoms with E-state index in [1.165, 1.54) is 0 Å². The van der Waals surface area contributed by atoms with Crippen molar-refractivity contribution in [3.05, 3.63) is 101 Å². The van der Waals surface area contributed by atoms with Crippen LogP contribution in [0.4, 0.5) is 5.69 Å². The Bertz CT molecular complexity index is 1320. The summed E-state index contributed by atoms with van der Waals surface area (Å²) in [5.41, 5.74) is 3.84. The number of carboxylic acids is 1. The second kappa shape index (κ2) is 14.5. The van der Waals surface area contributed by atoms with Crippen LogP contribution in [0.15, 0.2) is 78.9 Å². The third kappa shape index (κ3) is 8.02. The molecule has 0 radical (unpaired) electrons. The van der Waals surface area contributed by atoms with Gasteiger partial charge in [-0.25, -0.2) is 0 Å². The van der Waals surface area contributed by atoms with Gasteiger partial charge in [0, 0.05) is 36.2 Å². The summed E-state index contributed by atoms with van der Waals surface area (Å²) in [4.78, 5) is 25.2. The zero-order valence-electron chi connectivity index (χ0n) is 24.2. The van der Waals surface area contributed by atoms with Crippen LogP contribution in [0.2, 0.25) is 0 Å². The van der Waals surface area contributed by atoms with Crippen LogP contribution in [0, 0.1) is 5.92 Å². The van der Waals surface area contributed by atoms with E-state index in [2.05, 4.69) is 17.1 Å². The van der Waals surface area contributed by atoms with Crippen molar-refractivity contribution < 1.29 is 34.4 Å². The third-order valence-electron chi connectivity index (χ3n) is 7.89. The summed E-state index contributed by atoms with van der Waals surface area (Å²) in [6, 6.07) is 24.2. The molecule has 3 aromatic carbocycles. The maximum atomic E-state index is 12.3. The summed E-state index contributed by atoms with van der Waals surface area (Å²) >= 11 is 0. The van der Waals surface area contributed by atoms with Gasteiger partial charge in [0.1, 0.15) is 0 Å². The first-order valence-electron chi connectivity index (χ1n) is 14.2. The average Bonchev–Trinajstić information content (AvgIpc) is 3.00. The minimum atomic E-state index is -1.03. The molecule has 9 heteroatoms. The number of carbonyl (C=O) groups is 2. The maximum Gasteiger partial charge on any atom is 0.303 e. The van der Waals surface area contributed by atoms with E-state index in [0.717, 1.165) is 16.7 Å². The molecule has 6 atom stereocenters. The number of aliphatic hydroxyl groups is 2. The van der Waals surface area contributed by atoms with Crippen LogP contribution in [0.1, 0.15) is 67.4 Å². The Morgan fingerprint density at radius 3 is 2.33 bits per heavy atom. The monoisotopic (exact) mass is 576 g/mol. The summed E-state index contributed by atoms with van der Waals surface area (Å²) in [7, 11) is 1.97. The molecule has 0 aliphatic carbocycles. The summed E-state index contributed by atoms with van der Waals surface area (Å²) in [5, 5.41) is 32.2. The van der Waals surface area contributed by atoms with Crippen molar-refractivity contribution in [2.75, 3.05) is 18.9 Å². The van der Waals surface area contributed by atoms with Gasteiger partial charge < -0.3 is 30.1 Å². The summed E-state index contributed by atoms with van der Waals surface area (Å²) < 4.78 is 13.1. The van der Waals surface area contributed by atoms with E-state index in [9.17, 15) is 19.8 Å². The number of carboxylic acid groups (broad SMARTS) is 1. The van der Waals surface area contributed by atoms with Gasteiger partial charge in [-0.15, -0.1) is 0 Å². The van der Waals surface area contributed by atoms with Crippen molar-refractivity contribution >= 4 is 17.6 Å². The second-order valence-electron chi connectivity index (χ2n) is 10.9. The highest BCUT2D eigenvalue weighted by Gasteiger charge is 2.39. The lowest BCUT2D eigenvalue weighted by atomic mass is 9.89. The number of ether oxygens (including phenoxy) is 2. The molecule has 0 bridgehead atoms. The molecule has 0 aromatic heterocycles. The minimum absolute atomic E-state index is 0.0485. The van der Waals surface area contributed by atoms with Gasteiger partial charge >= 0.3 is 5.97 Å². The van der Waals surface area contributed by atoms with E-state index in [0.29, 0.717) is 17.8 Å². The smallest absolute Gasteiger partial charge is 0.303 e. The lowest BCUT2D eigenvalue weighted by Gasteiger charge is -2.43. The number of aliphatic hydroxyl groups excluding tert-OH is 2. The van der Waals surface area contributed by atoms with Crippen molar-refractivity contribution in [3.8, 4) is 0 Å². The Morgan fingerprint density at radius 2 is 1.67 bits per heavy atom. The molecule has 1 heterocycles. The van der Waals surface area contributed by atoms with Crippen molar-refractivity contribution in [2.24, 2.45) is 5.92 Å². The standard InChI is InChI=1S/C33H40N2O7/c1-21-28(19-35(3)22(2)31(40)24-8-5-4-6-9-24)41-33(42-32(21)25-14-12-23(20-36)13-15-25)26-10-7-11-27(18-26)34-29(37)16-17-30(38)39/h4-15,18,21-22,28,31-33,36,40H,16-17,19-20H2,1-3H3,(H,34,37)(H,38,39)/t21-,22+,28+,31+,32+,33+/m1/s1. The first-order chi connectivity index (χ1) is 20.2. The van der Waals surface area contributed by atoms with Gasteiger partial charge in [-0.1, -0.05) is 73.7 Å². The van der Waals surface area contributed by atoms with E-state index in [-0.39, 0.29) is 49.5 Å². The molecule has 42 heavy (non-hydrogen) atoms. The Kier molecular flexibility index (Phi) is 10.8. The van der Waals surface area contributed by atoms with Crippen LogP contribution in [0.3, 0.4) is 0 Å². The van der Waals surface area contributed by atoms with Crippen LogP contribution in [0.5, 0.6) is 0 Å². The highest BCUT2D eigenvalue weighted by molar-refractivity contribution is 5.92. The molecule has 9 nitrogen and oxygen atoms in total. The fourth-order valence-electron chi connectivity index (χ4n) is 5.15. The predicted molar refractivity (Wildman–Crippen MR) is 158 cm³/mol. The predicted octanol–water partition coefficient (Wildman–Crippen LogP) is 4.83. The molecule has 3 aromatic rings. The number of likely N-dealkylation sites (N-methyl/N-ethyl adjacent to an activating group) is 1. The molecule has 1 saturated heterocycles. The highest BCUT2D eigenvalue weighted by Crippen LogP contribution is 2.42. The average molecular weight is 577 g/mol. The largest absolute Gasteiger partial charge is 0.481 e. The number of rotatable bonds is 12. The van der Waals surface area contributed by atoms with Crippen LogP contribution in [-0.2, 0) is 25.7 Å². The van der Waals surface area contributed by atoms with Gasteiger partial charge in [0.05, 0.1) is 31.3 Å². The number of anilines is 1. The lowest BCUT2D eigenvalue weighted by molar-refractivity contribution is -0.276. The fraction of sp³-hybridized carbons (Fsp3) is 0.394. The lowest BCUT2D eigenvalue weighted by Crippen LogP contribution is -2.46. The molecule has 1 fully saturated rings. The summed E-state index contributed by atoms with van der Waals surface area (Å²) in [6.07, 6.45) is -2.38. The number of amides is 1. The molecule has 1 aliphatic rings. The van der Waals surface area contributed by atoms with E-state index in [1.54, 1.807) is 18.2 Å². The molecule has 0 saturated carbocycles. The van der Waals surface area contributed by atoms with Crippen molar-refractivity contribution in [1.29, 1.82) is 0 Å². The SMILES string of the molecule is C[C@@H]1[C@H](CN(C)[C@@H](C)[C@H](O)c2ccccc2)O[C@H](c2cccc(NC(=O)CCC(=O)O)c2)O[C@@H]1c1ccc(CO)cc1. The number of benzene rings is 3. The molecule has 224 valence electrons. The number of hydrogen-bond donors (Lipinski definition) is 4. The molecular weight excluding hydrogens is 536 g/mol. The number of nitrogens with one attached hydrogen (secondary N) is 1. The van der Waals surface area contributed by atoms with E-state index in [1.807, 2.05) is 74.6 Å². The van der Waals surface area contributed by atoms with E-state index in [4.69, 9.17) is 14.6 Å². The first kappa shape index (κ1) is 31.3. The number of nitrogens with zero attached hydrogens (tertiary/aromatic N) is 1. The highest BCUT2D eigenvalue weighted by atomic mass is 16.7. The third-order valence-corrected chi connectivity index (χ3v) is 7.89. The van der Waals surface area contributed by atoms with E-state index < -0.39 is 18.4 Å². The maximum absolute atomic E-state index is 12.3. The van der Waals surface area contributed by atoms with Gasteiger partial charge in [-0.2, -0.15) is 0 Å². The van der Waals surface area contributed by atoms with Gasteiger partial charge in [-0.05, 0) is 42.8 Å². The van der Waals surface area contributed by atoms with Crippen molar-refractivity contribution in [1.82, 2.24) is 4.90 Å². The van der Waals surface area contributed by atoms with Crippen molar-refractivity contribution in [3.63, 3.8) is 0 Å². The molecule has 4 N–H and O–H groups in total. The first-order valence-corrected chi connectivity index (χ1v) is 14.2. The Morgan fingerprint density at radius 1 is 0.952 bits per heavy atom. The normalized spacial score (nSPS) is 22.0. The molecule has 0 spiro atoms. The van der Waals surface area contributed by atoms with Crippen LogP contribution >= 0.6 is 0 Å². The van der Waals surface area contributed by atoms with Crippen LogP contribution in [-0.4, -0.2) is 57.8 Å². The Hall–Kier alpha value is -3.60. The molecule has 0 unspecified atom stereocenters. The topological polar surface area (TPSA) is 129 Å². The Labute approximate surface area is 246 Å². The summed E-state index contributed by atoms with van der Waals surface area (Å²) in [6.45, 7) is 4.55. The number of aliphatic carboxylic acids is 1. The number of carbonyl (C=O) groups excluding carboxylic acids is 1. The fourth-order valence-corrected chi connectivity index (χ4v) is 5.15. The Balaban J connectivity index is 1.56. The van der Waals surface area contributed by atoms with Crippen LogP contribution < -0.4 is 5.32 Å². The van der Waals surface area contributed by atoms with Crippen LogP contribution in [0.25, 0.3) is 0 Å². The summed E-state index contributed by atoms with van der Waals surface area (Å²) in [5.74, 6) is -1.47. The zero-order valence-corrected chi connectivity index (χ0v) is 24.2. The van der Waals surface area contributed by atoms with Crippen molar-refractivity contribution in [2.45, 2.75) is 63.9 Å². The second-order valence-corrected chi connectivity index (χ2v) is 10.9. The minimum Gasteiger partial charge on any atom is -0.481 e. The quantitative estimate of drug-likeness (QED) is 0.241. The van der Waals surface area contributed by atoms with Gasteiger partial charge in [-0.3, -0.25) is 14.5 Å². The van der Waals surface area contributed by atoms with Gasteiger partial charge in [0.15, 0.2) is 6.29 Å². The van der Waals surface area contributed by atoms with Gasteiger partial charge in [0.2, 0.25) is 5.91 Å². The zero-order chi connectivity index (χ0) is 30.2. The molecular formula is C33H40N2O7.